The van der Waals surface area contributed by atoms with Crippen LogP contribution in [0.25, 0.3) is 0 Å². The second-order valence-corrected chi connectivity index (χ2v) is 7.48. The number of unbranched alkanes of at least 4 members (excludes halogenated alkanes) is 8. The van der Waals surface area contributed by atoms with Gasteiger partial charge in [-0.2, -0.15) is 0 Å². The van der Waals surface area contributed by atoms with Crippen molar-refractivity contribution in [3.63, 3.8) is 0 Å². The van der Waals surface area contributed by atoms with Gasteiger partial charge in [-0.25, -0.2) is 9.59 Å². The van der Waals surface area contributed by atoms with Gasteiger partial charge in [-0.3, -0.25) is 0 Å². The average molecular weight is 381 g/mol. The lowest BCUT2D eigenvalue weighted by atomic mass is 10.0. The highest BCUT2D eigenvalue weighted by atomic mass is 16.5. The van der Waals surface area contributed by atoms with Gasteiger partial charge in [0.05, 0.1) is 6.61 Å². The minimum absolute atomic E-state index is 0.0777. The molecule has 0 rings (SSSR count). The van der Waals surface area contributed by atoms with Crippen LogP contribution in [-0.2, 0) is 19.1 Å². The standard InChI is InChI=1S/C23H40O4/c1-6-7-8-9-10-11-12-13-16-21(27-23(25)20(4)5)17-14-15-18-26-22(24)19(2)3/h21H,2,4,6-18H2,1,3,5H3. The number of carbonyl (C=O) groups is 2. The molecule has 0 aliphatic carbocycles. The van der Waals surface area contributed by atoms with Crippen molar-refractivity contribution in [3.05, 3.63) is 24.3 Å². The van der Waals surface area contributed by atoms with Crippen molar-refractivity contribution in [1.29, 1.82) is 0 Å². The first-order valence-electron chi connectivity index (χ1n) is 10.6. The molecule has 0 saturated heterocycles. The quantitative estimate of drug-likeness (QED) is 0.169. The number of carbonyl (C=O) groups excluding carboxylic acids is 2. The molecular weight excluding hydrogens is 340 g/mol. The first kappa shape index (κ1) is 25.4. The van der Waals surface area contributed by atoms with E-state index in [2.05, 4.69) is 20.1 Å². The maximum absolute atomic E-state index is 11.8. The third-order valence-corrected chi connectivity index (χ3v) is 4.50. The summed E-state index contributed by atoms with van der Waals surface area (Å²) in [5, 5.41) is 0. The molecule has 0 bridgehead atoms. The van der Waals surface area contributed by atoms with Gasteiger partial charge in [-0.15, -0.1) is 0 Å². The van der Waals surface area contributed by atoms with E-state index in [-0.39, 0.29) is 18.0 Å². The maximum atomic E-state index is 11.8. The number of hydrogen-bond donors (Lipinski definition) is 0. The Labute approximate surface area is 166 Å². The zero-order valence-corrected chi connectivity index (χ0v) is 17.8. The van der Waals surface area contributed by atoms with E-state index in [9.17, 15) is 9.59 Å². The SMILES string of the molecule is C=C(C)C(=O)OCCCCC(CCCCCCCCCC)OC(=O)C(=C)C. The van der Waals surface area contributed by atoms with Crippen molar-refractivity contribution in [3.8, 4) is 0 Å². The Morgan fingerprint density at radius 3 is 1.74 bits per heavy atom. The predicted octanol–water partition coefficient (Wildman–Crippen LogP) is 6.29. The van der Waals surface area contributed by atoms with Crippen LogP contribution >= 0.6 is 0 Å². The zero-order valence-electron chi connectivity index (χ0n) is 17.8. The number of ether oxygens (including phenoxy) is 2. The molecule has 156 valence electrons. The van der Waals surface area contributed by atoms with Crippen LogP contribution in [0.5, 0.6) is 0 Å². The van der Waals surface area contributed by atoms with Gasteiger partial charge in [0, 0.05) is 11.1 Å². The molecule has 0 aliphatic rings. The van der Waals surface area contributed by atoms with Crippen LogP contribution in [0.4, 0.5) is 0 Å². The molecule has 4 nitrogen and oxygen atoms in total. The Hall–Kier alpha value is -1.58. The molecule has 0 radical (unpaired) electrons. The summed E-state index contributed by atoms with van der Waals surface area (Å²) in [6, 6.07) is 0. The first-order chi connectivity index (χ1) is 12.9. The topological polar surface area (TPSA) is 52.6 Å². The fraction of sp³-hybridized carbons (Fsp3) is 0.739. The van der Waals surface area contributed by atoms with Crippen LogP contribution in [0.3, 0.4) is 0 Å². The zero-order chi connectivity index (χ0) is 20.5. The molecule has 0 aromatic rings. The van der Waals surface area contributed by atoms with Crippen molar-refractivity contribution in [1.82, 2.24) is 0 Å². The molecule has 0 aromatic heterocycles. The molecule has 0 N–H and O–H groups in total. The summed E-state index contributed by atoms with van der Waals surface area (Å²) in [5.41, 5.74) is 0.851. The summed E-state index contributed by atoms with van der Waals surface area (Å²) in [6.07, 6.45) is 13.3. The molecule has 0 aromatic carbocycles. The first-order valence-corrected chi connectivity index (χ1v) is 10.6. The van der Waals surface area contributed by atoms with Crippen LogP contribution < -0.4 is 0 Å². The number of esters is 2. The van der Waals surface area contributed by atoms with Crippen LogP contribution in [0.1, 0.15) is 97.8 Å². The Balaban J connectivity index is 4.03. The van der Waals surface area contributed by atoms with Crippen molar-refractivity contribution in [2.75, 3.05) is 6.61 Å². The van der Waals surface area contributed by atoms with E-state index in [0.29, 0.717) is 17.8 Å². The van der Waals surface area contributed by atoms with Gasteiger partial charge in [0.25, 0.3) is 0 Å². The van der Waals surface area contributed by atoms with Gasteiger partial charge in [0.2, 0.25) is 0 Å². The Morgan fingerprint density at radius 2 is 1.22 bits per heavy atom. The normalized spacial score (nSPS) is 11.7. The molecule has 1 atom stereocenters. The van der Waals surface area contributed by atoms with Gasteiger partial charge >= 0.3 is 11.9 Å². The third-order valence-electron chi connectivity index (χ3n) is 4.50. The van der Waals surface area contributed by atoms with E-state index in [4.69, 9.17) is 9.47 Å². The second-order valence-electron chi connectivity index (χ2n) is 7.48. The molecule has 0 spiro atoms. The fourth-order valence-corrected chi connectivity index (χ4v) is 2.78. The van der Waals surface area contributed by atoms with E-state index in [0.717, 1.165) is 32.1 Å². The van der Waals surface area contributed by atoms with Gasteiger partial charge in [0.1, 0.15) is 6.10 Å². The van der Waals surface area contributed by atoms with Gasteiger partial charge < -0.3 is 9.47 Å². The highest BCUT2D eigenvalue weighted by Gasteiger charge is 2.15. The number of hydrogen-bond acceptors (Lipinski definition) is 4. The van der Waals surface area contributed by atoms with Crippen LogP contribution in [0.15, 0.2) is 24.3 Å². The fourth-order valence-electron chi connectivity index (χ4n) is 2.78. The minimum Gasteiger partial charge on any atom is -0.462 e. The molecule has 1 unspecified atom stereocenters. The van der Waals surface area contributed by atoms with E-state index in [1.807, 2.05) is 0 Å². The molecule has 0 saturated carbocycles. The molecule has 0 heterocycles. The van der Waals surface area contributed by atoms with Crippen LogP contribution in [0, 0.1) is 0 Å². The monoisotopic (exact) mass is 380 g/mol. The summed E-state index contributed by atoms with van der Waals surface area (Å²) >= 11 is 0. The highest BCUT2D eigenvalue weighted by Crippen LogP contribution is 2.17. The molecular formula is C23H40O4. The molecule has 0 aliphatic heterocycles. The van der Waals surface area contributed by atoms with Crippen LogP contribution in [0.2, 0.25) is 0 Å². The molecule has 0 amide bonds. The van der Waals surface area contributed by atoms with Crippen molar-refractivity contribution in [2.45, 2.75) is 104 Å². The van der Waals surface area contributed by atoms with Crippen molar-refractivity contribution in [2.24, 2.45) is 0 Å². The second kappa shape index (κ2) is 16.6. The lowest BCUT2D eigenvalue weighted by Crippen LogP contribution is -2.19. The summed E-state index contributed by atoms with van der Waals surface area (Å²) in [5.74, 6) is -0.660. The van der Waals surface area contributed by atoms with Gasteiger partial charge in [-0.1, -0.05) is 65.0 Å². The van der Waals surface area contributed by atoms with E-state index in [1.54, 1.807) is 13.8 Å². The molecule has 4 heteroatoms. The predicted molar refractivity (Wildman–Crippen MR) is 112 cm³/mol. The maximum Gasteiger partial charge on any atom is 0.333 e. The Morgan fingerprint density at radius 1 is 0.741 bits per heavy atom. The lowest BCUT2D eigenvalue weighted by Gasteiger charge is -2.18. The molecule has 0 fully saturated rings. The Bertz CT molecular complexity index is 453. The Kier molecular flexibility index (Phi) is 15.6. The van der Waals surface area contributed by atoms with E-state index in [1.165, 1.54) is 44.9 Å². The van der Waals surface area contributed by atoms with Crippen molar-refractivity contribution >= 4 is 11.9 Å². The summed E-state index contributed by atoms with van der Waals surface area (Å²) in [4.78, 5) is 23.2. The lowest BCUT2D eigenvalue weighted by molar-refractivity contribution is -0.145. The van der Waals surface area contributed by atoms with Gasteiger partial charge in [-0.05, 0) is 46.0 Å². The largest absolute Gasteiger partial charge is 0.462 e. The molecule has 27 heavy (non-hydrogen) atoms. The van der Waals surface area contributed by atoms with E-state index >= 15 is 0 Å². The minimum atomic E-state index is -0.348. The van der Waals surface area contributed by atoms with Gasteiger partial charge in [0.15, 0.2) is 0 Å². The summed E-state index contributed by atoms with van der Waals surface area (Å²) in [7, 11) is 0. The smallest absolute Gasteiger partial charge is 0.333 e. The summed E-state index contributed by atoms with van der Waals surface area (Å²) < 4.78 is 10.7. The highest BCUT2D eigenvalue weighted by molar-refractivity contribution is 5.87. The average Bonchev–Trinajstić information content (AvgIpc) is 2.62. The third kappa shape index (κ3) is 15.2. The van der Waals surface area contributed by atoms with E-state index < -0.39 is 0 Å². The summed E-state index contributed by atoms with van der Waals surface area (Å²) in [6.45, 7) is 13.1. The number of rotatable bonds is 17. The van der Waals surface area contributed by atoms with Crippen LogP contribution in [-0.4, -0.2) is 24.6 Å². The van der Waals surface area contributed by atoms with Crippen molar-refractivity contribution < 1.29 is 19.1 Å².